The molecule has 0 bridgehead atoms. The van der Waals surface area contributed by atoms with E-state index in [1.54, 1.807) is 55.9 Å². The van der Waals surface area contributed by atoms with Crippen LogP contribution in [0.5, 0.6) is 34.5 Å². The fourth-order valence-electron chi connectivity index (χ4n) is 16.9. The van der Waals surface area contributed by atoms with Gasteiger partial charge < -0.3 is 43.5 Å². The van der Waals surface area contributed by atoms with Crippen LogP contribution in [0.2, 0.25) is 10.0 Å². The van der Waals surface area contributed by atoms with E-state index < -0.39 is 78.8 Å². The maximum absolute atomic E-state index is 14.0. The summed E-state index contributed by atoms with van der Waals surface area (Å²) in [6, 6.07) is 37.7. The van der Waals surface area contributed by atoms with E-state index in [1.165, 1.54) is 64.0 Å². The second kappa shape index (κ2) is 36.7. The number of aromatic amines is 2. The first-order chi connectivity index (χ1) is 59.1. The average Bonchev–Trinajstić information content (AvgIpc) is 0.789. The summed E-state index contributed by atoms with van der Waals surface area (Å²) in [5, 5.41) is 27.4. The third-order valence-corrected chi connectivity index (χ3v) is 27.6. The number of rotatable bonds is 26. The number of nitro groups is 2. The maximum atomic E-state index is 14.0. The Morgan fingerprint density at radius 2 is 0.984 bits per heavy atom. The molecule has 0 unspecified atom stereocenters. The van der Waals surface area contributed by atoms with Gasteiger partial charge in [0.05, 0.1) is 73.8 Å². The number of H-pyrrole nitrogens is 2. The van der Waals surface area contributed by atoms with Gasteiger partial charge in [-0.2, -0.15) is 0 Å². The number of methoxy groups -OCH3 is 1. The number of fused-ring (bicyclic) bond motifs is 4. The molecule has 124 heavy (non-hydrogen) atoms. The Kier molecular flexibility index (Phi) is 26.0. The van der Waals surface area contributed by atoms with E-state index in [0.717, 1.165) is 143 Å². The summed E-state index contributed by atoms with van der Waals surface area (Å²) in [6.07, 6.45) is 14.9. The minimum Gasteiger partial charge on any atom is -0.493 e. The van der Waals surface area contributed by atoms with Gasteiger partial charge in [-0.25, -0.2) is 49.4 Å². The standard InChI is InChI=1S/C45H49ClN6O8S.C44H48ClN7O9S2/c1-45(2)13-10-32(39(25-45)30-4-6-33(46)7-5-30)27-50-15-17-51(18-16-50)34-8-9-37(42(22-34)60-35-21-31-11-14-47-43(31)48-26-35)44(53)49-61(56,57)36-23-40(52(54)55)38-20-29(12-19-58-3)28-59-41(38)24-36;1-44(2)12-10-31(38(23-44)29-4-6-32(45)7-5-29)26-50-14-16-51(17-15-50)33-8-9-36(41(20-33)61-34-19-30-11-13-46-42(30)47-25-34)43(53)49-63(58,59)35-21-39(52(54)55)37-18-28(24-48-62(3,56)57)27-60-40(37)22-35/h4-9,11,14,21-24,26,29H,10,12-13,15-20,25,27-28H2,1-3H3,(H,47,48)(H,49,53);4-9,11,13,19-22,25,28,48H,10,12,14-18,23-24,26-27H2,1-3H3,(H,46,47)(H,49,53)/t29-;28-/m00/s1. The predicted molar refractivity (Wildman–Crippen MR) is 475 cm³/mol. The summed E-state index contributed by atoms with van der Waals surface area (Å²) in [7, 11) is -11.3. The average molecular weight is 1790 g/mol. The third-order valence-electron chi connectivity index (χ3n) is 23.8. The highest BCUT2D eigenvalue weighted by atomic mass is 35.5. The highest BCUT2D eigenvalue weighted by Crippen LogP contribution is 2.47. The molecule has 30 nitrogen and oxygen atoms in total. The van der Waals surface area contributed by atoms with Gasteiger partial charge in [0.2, 0.25) is 10.0 Å². The van der Waals surface area contributed by atoms with Crippen molar-refractivity contribution in [3.05, 3.63) is 233 Å². The van der Waals surface area contributed by atoms with E-state index >= 15 is 0 Å². The number of nitro benzene ring substituents is 2. The Bertz CT molecular complexity index is 6190. The number of nitrogens with zero attached hydrogens (tertiary/aromatic N) is 8. The lowest BCUT2D eigenvalue weighted by Crippen LogP contribution is -2.47. The van der Waals surface area contributed by atoms with E-state index in [0.29, 0.717) is 65.9 Å². The molecule has 2 atom stereocenters. The second-order valence-electron chi connectivity index (χ2n) is 34.0. The number of sulfonamides is 3. The van der Waals surface area contributed by atoms with Crippen LogP contribution in [-0.4, -0.2) is 182 Å². The number of allylic oxidation sites excluding steroid dienone is 2. The molecule has 5 N–H and O–H groups in total. The zero-order valence-corrected chi connectivity index (χ0v) is 73.4. The Hall–Kier alpha value is -11.0. The van der Waals surface area contributed by atoms with Crippen molar-refractivity contribution in [3.8, 4) is 34.5 Å². The van der Waals surface area contributed by atoms with Gasteiger partial charge in [-0.05, 0) is 170 Å². The number of amides is 2. The molecule has 6 aromatic carbocycles. The Morgan fingerprint density at radius 3 is 1.40 bits per heavy atom. The van der Waals surface area contributed by atoms with Crippen LogP contribution in [0.1, 0.15) is 116 Å². The van der Waals surface area contributed by atoms with E-state index in [-0.39, 0.29) is 82.6 Å². The van der Waals surface area contributed by atoms with Crippen molar-refractivity contribution in [2.45, 2.75) is 95.3 Å². The van der Waals surface area contributed by atoms with Crippen molar-refractivity contribution < 1.29 is 68.4 Å². The van der Waals surface area contributed by atoms with Crippen LogP contribution < -0.4 is 42.9 Å². The van der Waals surface area contributed by atoms with Crippen LogP contribution >= 0.6 is 23.2 Å². The molecule has 10 aromatic rings. The van der Waals surface area contributed by atoms with E-state index in [1.807, 2.05) is 36.4 Å². The smallest absolute Gasteiger partial charge is 0.277 e. The van der Waals surface area contributed by atoms with Gasteiger partial charge in [-0.1, -0.05) is 86.3 Å². The van der Waals surface area contributed by atoms with Gasteiger partial charge in [0.25, 0.3) is 43.2 Å². The number of aromatic nitrogens is 4. The topological polar surface area (TPSA) is 375 Å². The molecule has 2 amide bonds. The Morgan fingerprint density at radius 1 is 0.565 bits per heavy atom. The molecule has 16 rings (SSSR count). The number of ether oxygens (including phenoxy) is 5. The number of pyridine rings is 2. The Balaban J connectivity index is 0.000000192. The second-order valence-corrected chi connectivity index (χ2v) is 40.1. The summed E-state index contributed by atoms with van der Waals surface area (Å²) in [6.45, 7) is 17.8. The molecule has 0 radical (unpaired) electrons. The first-order valence-corrected chi connectivity index (χ1v) is 46.6. The lowest BCUT2D eigenvalue weighted by atomic mass is 9.72. The summed E-state index contributed by atoms with van der Waals surface area (Å²) < 4.78 is 114. The van der Waals surface area contributed by atoms with Gasteiger partial charge in [-0.15, -0.1) is 0 Å². The van der Waals surface area contributed by atoms with Gasteiger partial charge in [-0.3, -0.25) is 39.6 Å². The van der Waals surface area contributed by atoms with E-state index in [9.17, 15) is 55.1 Å². The lowest BCUT2D eigenvalue weighted by molar-refractivity contribution is -0.386. The number of hydrogen-bond donors (Lipinski definition) is 5. The molecule has 4 aromatic heterocycles. The van der Waals surface area contributed by atoms with Gasteiger partial charge in [0.1, 0.15) is 45.8 Å². The molecule has 2 aliphatic carbocycles. The van der Waals surface area contributed by atoms with Crippen LogP contribution in [-0.2, 0) is 47.6 Å². The summed E-state index contributed by atoms with van der Waals surface area (Å²) in [4.78, 5) is 74.2. The van der Waals surface area contributed by atoms with Gasteiger partial charge in [0.15, 0.2) is 0 Å². The number of nitrogens with one attached hydrogen (secondary N) is 5. The molecular formula is C89H97Cl2N13O17S3. The zero-order valence-electron chi connectivity index (χ0n) is 69.4. The first kappa shape index (κ1) is 87.9. The zero-order chi connectivity index (χ0) is 87.6. The number of halogens is 2. The highest BCUT2D eigenvalue weighted by Gasteiger charge is 2.38. The van der Waals surface area contributed by atoms with Crippen LogP contribution in [0.15, 0.2) is 179 Å². The van der Waals surface area contributed by atoms with Crippen LogP contribution in [0.3, 0.4) is 0 Å². The number of benzene rings is 6. The summed E-state index contributed by atoms with van der Waals surface area (Å²) in [5.41, 5.74) is 10.8. The van der Waals surface area contributed by atoms with Gasteiger partial charge in [0, 0.05) is 173 Å². The van der Waals surface area contributed by atoms with Crippen molar-refractivity contribution >= 4 is 121 Å². The van der Waals surface area contributed by atoms with Crippen molar-refractivity contribution in [1.82, 2.24) is 43.9 Å². The molecule has 4 aliphatic heterocycles. The fourth-order valence-corrected chi connectivity index (χ4v) is 19.7. The predicted octanol–water partition coefficient (Wildman–Crippen LogP) is 15.3. The number of carbonyl (C=O) groups is 2. The van der Waals surface area contributed by atoms with Crippen molar-refractivity contribution in [3.63, 3.8) is 0 Å². The first-order valence-electron chi connectivity index (χ1n) is 41.0. The minimum atomic E-state index is -4.70. The Labute approximate surface area is 729 Å². The molecule has 2 saturated heterocycles. The molecule has 6 aliphatic rings. The maximum Gasteiger partial charge on any atom is 0.277 e. The van der Waals surface area contributed by atoms with Crippen LogP contribution in [0.4, 0.5) is 22.7 Å². The van der Waals surface area contributed by atoms with Crippen LogP contribution in [0.25, 0.3) is 33.2 Å². The number of anilines is 2. The van der Waals surface area contributed by atoms with Crippen molar-refractivity contribution in [2.75, 3.05) is 115 Å². The van der Waals surface area contributed by atoms with E-state index in [4.69, 9.17) is 46.9 Å². The molecule has 35 heteroatoms. The monoisotopic (exact) mass is 1790 g/mol. The fraction of sp³-hybridized carbons (Fsp3) is 0.371. The summed E-state index contributed by atoms with van der Waals surface area (Å²) >= 11 is 12.5. The van der Waals surface area contributed by atoms with Crippen LogP contribution in [0, 0.1) is 42.9 Å². The highest BCUT2D eigenvalue weighted by molar-refractivity contribution is 7.90. The molecule has 0 saturated carbocycles. The normalized spacial score (nSPS) is 18.1. The number of piperazine rings is 2. The van der Waals surface area contributed by atoms with Crippen molar-refractivity contribution in [1.29, 1.82) is 0 Å². The largest absolute Gasteiger partial charge is 0.493 e. The third kappa shape index (κ3) is 21.0. The molecule has 2 fully saturated rings. The lowest BCUT2D eigenvalue weighted by Gasteiger charge is -2.39. The summed E-state index contributed by atoms with van der Waals surface area (Å²) in [5.74, 6) is -1.56. The quantitative estimate of drug-likeness (QED) is 0.0248. The molecular weight excluding hydrogens is 1690 g/mol. The molecule has 652 valence electrons. The number of carbonyl (C=O) groups excluding carboxylic acids is 2. The minimum absolute atomic E-state index is 0.0180. The van der Waals surface area contributed by atoms with Crippen molar-refractivity contribution in [2.24, 2.45) is 22.7 Å². The SMILES string of the molecule is CC1(C)CCC(CN2CCN(c3ccc(C(=O)NS(=O)(=O)c4cc5c(c([N+](=O)[O-])c4)C[C@@H](CNS(C)(=O)=O)CO5)c(Oc4cnc5[nH]ccc5c4)c3)CC2)=C(c2ccc(Cl)cc2)C1.COCC[C@@H]1COc2cc(S(=O)(=O)NC(=O)c3ccc(N4CCN(CC5=C(c6ccc(Cl)cc6)CC(C)(C)CC5)CC4)cc3Oc3cnc4[nH]ccc4c3)cc([N+](=O)[O-])c2C1. The molecule has 0 spiro atoms. The molecule has 8 heterocycles. The van der Waals surface area contributed by atoms with E-state index in [2.05, 4.69) is 106 Å². The number of hydrogen-bond acceptors (Lipinski definition) is 23. The van der Waals surface area contributed by atoms with Gasteiger partial charge >= 0.3 is 0 Å².